The molecule has 4 heteroatoms. The van der Waals surface area contributed by atoms with Crippen molar-refractivity contribution >= 4 is 34.5 Å². The number of halogens is 1. The van der Waals surface area contributed by atoms with Gasteiger partial charge in [-0.05, 0) is 0 Å². The van der Waals surface area contributed by atoms with Crippen LogP contribution in [0.1, 0.15) is 9.49 Å². The first-order chi connectivity index (χ1) is 5.27. The molecule has 56 valence electrons. The van der Waals surface area contributed by atoms with Crippen LogP contribution in [0.3, 0.4) is 0 Å². The fourth-order valence-corrected chi connectivity index (χ4v) is 1.69. The molecule has 0 fully saturated rings. The van der Waals surface area contributed by atoms with Gasteiger partial charge in [0, 0.05) is 24.0 Å². The Balaban J connectivity index is 2.67. The van der Waals surface area contributed by atoms with Gasteiger partial charge in [0.05, 0.1) is 9.61 Å². The van der Waals surface area contributed by atoms with Gasteiger partial charge in [0.15, 0.2) is 0 Å². The number of nitrogens with zero attached hydrogens (tertiary/aromatic N) is 1. The van der Waals surface area contributed by atoms with Gasteiger partial charge in [-0.15, -0.1) is 0 Å². The summed E-state index contributed by atoms with van der Waals surface area (Å²) < 4.78 is 0.305. The molecular weight excluding hydrogens is 255 g/mol. The van der Waals surface area contributed by atoms with Crippen molar-refractivity contribution in [1.82, 2.24) is 4.98 Å². The Morgan fingerprint density at radius 3 is 3.27 bits per heavy atom. The van der Waals surface area contributed by atoms with Crippen molar-refractivity contribution in [3.63, 3.8) is 0 Å². The van der Waals surface area contributed by atoms with Crippen LogP contribution in [0, 0.1) is 0 Å². The topological polar surface area (TPSA) is 45.2 Å². The predicted octanol–water partition coefficient (Wildman–Crippen LogP) is 1.57. The second-order valence-corrected chi connectivity index (χ2v) is 3.66. The van der Waals surface area contributed by atoms with Crippen molar-refractivity contribution in [1.29, 1.82) is 0 Å². The third-order valence-corrected chi connectivity index (χ3v) is 2.57. The fourth-order valence-electron chi connectivity index (χ4n) is 1.03. The number of H-pyrrole nitrogens is 1. The zero-order chi connectivity index (χ0) is 7.84. The van der Waals surface area contributed by atoms with Crippen LogP contribution in [-0.2, 0) is 0 Å². The van der Waals surface area contributed by atoms with Crippen molar-refractivity contribution in [2.75, 3.05) is 0 Å². The maximum Gasteiger partial charge on any atom is 0.250 e. The molecule has 2 rings (SSSR count). The summed E-state index contributed by atoms with van der Waals surface area (Å²) in [6.07, 6.45) is 3.56. The maximum atomic E-state index is 10.8. The lowest BCUT2D eigenvalue weighted by Gasteiger charge is -1.97. The van der Waals surface area contributed by atoms with E-state index in [1.807, 2.05) is 6.21 Å². The van der Waals surface area contributed by atoms with Crippen LogP contribution in [0.4, 0.5) is 5.69 Å². The quantitative estimate of drug-likeness (QED) is 0.558. The second kappa shape index (κ2) is 2.44. The molecule has 0 amide bonds. The Kier molecular flexibility index (Phi) is 1.56. The highest BCUT2D eigenvalue weighted by atomic mass is 127. The van der Waals surface area contributed by atoms with E-state index in [1.54, 1.807) is 6.20 Å². The summed E-state index contributed by atoms with van der Waals surface area (Å²) in [5.74, 6) is 0. The lowest BCUT2D eigenvalue weighted by atomic mass is 10.2. The number of aromatic amines is 1. The molecule has 0 bridgehead atoms. The molecule has 1 N–H and O–H groups in total. The minimum atomic E-state index is -0.0913. The number of fused-ring (bicyclic) bond motifs is 1. The smallest absolute Gasteiger partial charge is 0.250 e. The maximum absolute atomic E-state index is 10.8. The molecule has 1 aromatic rings. The molecule has 0 radical (unpaired) electrons. The number of pyridine rings is 1. The number of nitrogens with one attached hydrogen (secondary N) is 1. The summed E-state index contributed by atoms with van der Waals surface area (Å²) in [5, 5.41) is 0. The molecule has 0 aliphatic carbocycles. The third-order valence-electron chi connectivity index (χ3n) is 1.58. The molecule has 3 nitrogen and oxygen atoms in total. The van der Waals surface area contributed by atoms with Crippen LogP contribution in [0.25, 0.3) is 0 Å². The molecule has 0 spiro atoms. The van der Waals surface area contributed by atoms with Crippen molar-refractivity contribution in [2.24, 2.45) is 4.99 Å². The predicted molar refractivity (Wildman–Crippen MR) is 52.0 cm³/mol. The highest BCUT2D eigenvalue weighted by Gasteiger charge is 2.15. The zero-order valence-corrected chi connectivity index (χ0v) is 7.70. The van der Waals surface area contributed by atoms with E-state index in [9.17, 15) is 4.79 Å². The summed E-state index contributed by atoms with van der Waals surface area (Å²) in [4.78, 5) is 17.5. The minimum absolute atomic E-state index is 0.0913. The largest absolute Gasteiger partial charge is 0.329 e. The van der Waals surface area contributed by atoms with E-state index in [-0.39, 0.29) is 5.56 Å². The lowest BCUT2D eigenvalue weighted by molar-refractivity contribution is 1.19. The Hall–Kier alpha value is -0.650. The van der Waals surface area contributed by atoms with Crippen molar-refractivity contribution in [3.8, 4) is 0 Å². The van der Waals surface area contributed by atoms with Gasteiger partial charge < -0.3 is 4.98 Å². The standard InChI is InChI=1S/C7H5IN2O/c8-5-3-9-6-1-7(11)10-2-4(5)6/h1-3,5H,(H,10,11). The van der Waals surface area contributed by atoms with Crippen molar-refractivity contribution in [2.45, 2.75) is 3.92 Å². The number of rotatable bonds is 0. The first-order valence-corrected chi connectivity index (χ1v) is 4.43. The Morgan fingerprint density at radius 2 is 2.45 bits per heavy atom. The summed E-state index contributed by atoms with van der Waals surface area (Å²) in [6.45, 7) is 0. The van der Waals surface area contributed by atoms with Crippen LogP contribution in [-0.4, -0.2) is 11.2 Å². The van der Waals surface area contributed by atoms with Crippen LogP contribution < -0.4 is 5.56 Å². The lowest BCUT2D eigenvalue weighted by Crippen LogP contribution is -2.02. The van der Waals surface area contributed by atoms with E-state index in [0.717, 1.165) is 11.3 Å². The average Bonchev–Trinajstić information content (AvgIpc) is 2.32. The van der Waals surface area contributed by atoms with Gasteiger partial charge in [0.1, 0.15) is 0 Å². The number of hydrogen-bond donors (Lipinski definition) is 1. The van der Waals surface area contributed by atoms with E-state index in [1.165, 1.54) is 6.07 Å². The zero-order valence-electron chi connectivity index (χ0n) is 5.54. The van der Waals surface area contributed by atoms with Crippen LogP contribution in [0.5, 0.6) is 0 Å². The third kappa shape index (κ3) is 1.11. The van der Waals surface area contributed by atoms with Gasteiger partial charge in [0.2, 0.25) is 5.56 Å². The van der Waals surface area contributed by atoms with E-state index in [4.69, 9.17) is 0 Å². The number of alkyl halides is 1. The SMILES string of the molecule is O=c1cc2c(c[nH]1)C(I)C=N2. The molecule has 0 saturated heterocycles. The summed E-state index contributed by atoms with van der Waals surface area (Å²) in [7, 11) is 0. The summed E-state index contributed by atoms with van der Waals surface area (Å²) >= 11 is 2.26. The molecule has 1 atom stereocenters. The Morgan fingerprint density at radius 1 is 1.64 bits per heavy atom. The number of aromatic nitrogens is 1. The molecule has 1 aromatic heterocycles. The molecule has 0 aromatic carbocycles. The monoisotopic (exact) mass is 260 g/mol. The molecular formula is C7H5IN2O. The molecule has 0 saturated carbocycles. The van der Waals surface area contributed by atoms with Crippen molar-refractivity contribution < 1.29 is 0 Å². The van der Waals surface area contributed by atoms with Gasteiger partial charge >= 0.3 is 0 Å². The van der Waals surface area contributed by atoms with Crippen LogP contribution in [0.2, 0.25) is 0 Å². The van der Waals surface area contributed by atoms with Gasteiger partial charge in [-0.25, -0.2) is 0 Å². The van der Waals surface area contributed by atoms with Gasteiger partial charge in [-0.1, -0.05) is 22.6 Å². The van der Waals surface area contributed by atoms with Crippen LogP contribution >= 0.6 is 22.6 Å². The van der Waals surface area contributed by atoms with E-state index in [0.29, 0.717) is 3.92 Å². The fraction of sp³-hybridized carbons (Fsp3) is 0.143. The first-order valence-electron chi connectivity index (χ1n) is 3.18. The highest BCUT2D eigenvalue weighted by Crippen LogP contribution is 2.33. The minimum Gasteiger partial charge on any atom is -0.329 e. The summed E-state index contributed by atoms with van der Waals surface area (Å²) in [5.41, 5.74) is 1.80. The molecule has 1 unspecified atom stereocenters. The average molecular weight is 260 g/mol. The molecule has 1 aliphatic heterocycles. The van der Waals surface area contributed by atoms with Gasteiger partial charge in [-0.2, -0.15) is 0 Å². The highest BCUT2D eigenvalue weighted by molar-refractivity contribution is 14.1. The number of aliphatic imine (C=N–C) groups is 1. The normalized spacial score (nSPS) is 20.3. The van der Waals surface area contributed by atoms with Crippen molar-refractivity contribution in [3.05, 3.63) is 28.2 Å². The van der Waals surface area contributed by atoms with Gasteiger partial charge in [0.25, 0.3) is 0 Å². The second-order valence-electron chi connectivity index (χ2n) is 2.32. The van der Waals surface area contributed by atoms with E-state index < -0.39 is 0 Å². The number of hydrogen-bond acceptors (Lipinski definition) is 2. The summed E-state index contributed by atoms with van der Waals surface area (Å²) in [6, 6.07) is 1.52. The first kappa shape index (κ1) is 7.02. The van der Waals surface area contributed by atoms with Crippen LogP contribution in [0.15, 0.2) is 22.1 Å². The van der Waals surface area contributed by atoms with Gasteiger partial charge in [-0.3, -0.25) is 9.79 Å². The van der Waals surface area contributed by atoms with E-state index >= 15 is 0 Å². The molecule has 11 heavy (non-hydrogen) atoms. The molecule has 2 heterocycles. The van der Waals surface area contributed by atoms with E-state index in [2.05, 4.69) is 32.6 Å². The Bertz CT molecular complexity index is 369. The Labute approximate surface area is 76.7 Å². The molecule has 1 aliphatic rings.